The van der Waals surface area contributed by atoms with Crippen molar-refractivity contribution in [3.05, 3.63) is 47.8 Å². The van der Waals surface area contributed by atoms with E-state index in [0.717, 1.165) is 17.8 Å². The van der Waals surface area contributed by atoms with Gasteiger partial charge in [-0.25, -0.2) is 0 Å². The molecule has 100 valence electrons. The Balaban J connectivity index is 2.23. The Morgan fingerprint density at radius 1 is 1.11 bits per heavy atom. The zero-order valence-corrected chi connectivity index (χ0v) is 12.0. The number of hydrogen-bond acceptors (Lipinski definition) is 4. The molecule has 2 rings (SSSR count). The van der Waals surface area contributed by atoms with Gasteiger partial charge in [0.25, 0.3) is 0 Å². The van der Waals surface area contributed by atoms with Crippen molar-refractivity contribution in [2.45, 2.75) is 45.4 Å². The van der Waals surface area contributed by atoms with E-state index in [1.54, 1.807) is 6.20 Å². The van der Waals surface area contributed by atoms with Crippen LogP contribution in [0.4, 0.5) is 0 Å². The van der Waals surface area contributed by atoms with E-state index in [1.165, 1.54) is 5.56 Å². The van der Waals surface area contributed by atoms with Gasteiger partial charge in [-0.05, 0) is 23.0 Å². The Morgan fingerprint density at radius 2 is 1.89 bits per heavy atom. The molecule has 2 aromatic rings. The van der Waals surface area contributed by atoms with Crippen molar-refractivity contribution in [3.8, 4) is 0 Å². The Kier molecular flexibility index (Phi) is 3.88. The first-order chi connectivity index (χ1) is 8.99. The van der Waals surface area contributed by atoms with Gasteiger partial charge < -0.3 is 0 Å². The van der Waals surface area contributed by atoms with Crippen LogP contribution in [0.15, 0.2) is 30.9 Å². The first-order valence-electron chi connectivity index (χ1n) is 6.57. The number of aromatic nitrogens is 4. The maximum absolute atomic E-state index is 4.68. The highest BCUT2D eigenvalue weighted by atomic mass is 15.1. The molecule has 0 N–H and O–H groups in total. The molecule has 0 aromatic carbocycles. The van der Waals surface area contributed by atoms with Crippen molar-refractivity contribution in [2.24, 2.45) is 0 Å². The lowest BCUT2D eigenvalue weighted by Crippen LogP contribution is -2.22. The lowest BCUT2D eigenvalue weighted by molar-refractivity contribution is 0.508. The normalized spacial score (nSPS) is 11.8. The SMILES string of the molecule is CC(C)c1cncc(CC(C)(C)c2ccnnc2)n1. The van der Waals surface area contributed by atoms with Crippen LogP contribution < -0.4 is 0 Å². The van der Waals surface area contributed by atoms with Crippen molar-refractivity contribution in [2.75, 3.05) is 0 Å². The quantitative estimate of drug-likeness (QED) is 0.844. The van der Waals surface area contributed by atoms with E-state index in [4.69, 9.17) is 0 Å². The van der Waals surface area contributed by atoms with Crippen LogP contribution in [0.5, 0.6) is 0 Å². The van der Waals surface area contributed by atoms with Crippen LogP contribution in [0.3, 0.4) is 0 Å². The van der Waals surface area contributed by atoms with E-state index in [2.05, 4.69) is 47.9 Å². The summed E-state index contributed by atoms with van der Waals surface area (Å²) in [6, 6.07) is 2.01. The number of rotatable bonds is 4. The van der Waals surface area contributed by atoms with Gasteiger partial charge in [-0.3, -0.25) is 9.97 Å². The molecule has 0 fully saturated rings. The van der Waals surface area contributed by atoms with Crippen molar-refractivity contribution < 1.29 is 0 Å². The van der Waals surface area contributed by atoms with Gasteiger partial charge in [0.1, 0.15) is 0 Å². The molecule has 4 heteroatoms. The van der Waals surface area contributed by atoms with Gasteiger partial charge in [0.2, 0.25) is 0 Å². The van der Waals surface area contributed by atoms with Crippen molar-refractivity contribution in [1.82, 2.24) is 20.2 Å². The summed E-state index contributed by atoms with van der Waals surface area (Å²) < 4.78 is 0. The van der Waals surface area contributed by atoms with E-state index in [-0.39, 0.29) is 5.41 Å². The van der Waals surface area contributed by atoms with E-state index >= 15 is 0 Å². The molecular weight excluding hydrogens is 236 g/mol. The van der Waals surface area contributed by atoms with Gasteiger partial charge in [-0.15, -0.1) is 0 Å². The molecule has 0 bridgehead atoms. The molecule has 0 aliphatic rings. The highest BCUT2D eigenvalue weighted by molar-refractivity contribution is 5.21. The summed E-state index contributed by atoms with van der Waals surface area (Å²) in [5, 5.41) is 7.78. The summed E-state index contributed by atoms with van der Waals surface area (Å²) >= 11 is 0. The minimum atomic E-state index is -0.0276. The van der Waals surface area contributed by atoms with E-state index < -0.39 is 0 Å². The number of nitrogens with zero attached hydrogens (tertiary/aromatic N) is 4. The second-order valence-electron chi connectivity index (χ2n) is 5.78. The van der Waals surface area contributed by atoms with Crippen LogP contribution >= 0.6 is 0 Å². The average molecular weight is 256 g/mol. The molecule has 2 aromatic heterocycles. The first-order valence-corrected chi connectivity index (χ1v) is 6.57. The standard InChI is InChI=1S/C15H20N4/c1-11(2)14-10-16-9-13(19-14)7-15(3,4)12-5-6-17-18-8-12/h5-6,8-11H,7H2,1-4H3. The minimum Gasteiger partial charge on any atom is -0.261 e. The fraction of sp³-hybridized carbons (Fsp3) is 0.467. The summed E-state index contributed by atoms with van der Waals surface area (Å²) in [5.74, 6) is 0.401. The molecule has 0 unspecified atom stereocenters. The summed E-state index contributed by atoms with van der Waals surface area (Å²) in [6.07, 6.45) is 8.08. The van der Waals surface area contributed by atoms with Gasteiger partial charge in [0.05, 0.1) is 17.6 Å². The van der Waals surface area contributed by atoms with E-state index in [1.807, 2.05) is 24.7 Å². The molecule has 0 radical (unpaired) electrons. The lowest BCUT2D eigenvalue weighted by atomic mass is 9.81. The van der Waals surface area contributed by atoms with Gasteiger partial charge in [0.15, 0.2) is 0 Å². The Labute approximate surface area is 114 Å². The topological polar surface area (TPSA) is 51.6 Å². The predicted molar refractivity (Wildman–Crippen MR) is 74.9 cm³/mol. The Bertz CT molecular complexity index is 535. The Hall–Kier alpha value is -1.84. The minimum absolute atomic E-state index is 0.0276. The largest absolute Gasteiger partial charge is 0.261 e. The van der Waals surface area contributed by atoms with Crippen LogP contribution in [0.1, 0.15) is 50.6 Å². The molecular formula is C15H20N4. The predicted octanol–water partition coefficient (Wildman–Crippen LogP) is 2.91. The zero-order chi connectivity index (χ0) is 13.9. The molecule has 0 amide bonds. The van der Waals surface area contributed by atoms with Crippen LogP contribution in [-0.2, 0) is 11.8 Å². The second kappa shape index (κ2) is 5.43. The lowest BCUT2D eigenvalue weighted by Gasteiger charge is -2.24. The van der Waals surface area contributed by atoms with Gasteiger partial charge in [-0.1, -0.05) is 27.7 Å². The molecule has 0 saturated carbocycles. The monoisotopic (exact) mass is 256 g/mol. The molecule has 0 saturated heterocycles. The summed E-state index contributed by atoms with van der Waals surface area (Å²) in [7, 11) is 0. The molecule has 0 aliphatic heterocycles. The van der Waals surface area contributed by atoms with E-state index in [0.29, 0.717) is 5.92 Å². The first kappa shape index (κ1) is 13.6. The highest BCUT2D eigenvalue weighted by Crippen LogP contribution is 2.26. The molecule has 2 heterocycles. The van der Waals surface area contributed by atoms with Crippen LogP contribution in [-0.4, -0.2) is 20.2 Å². The molecule has 0 spiro atoms. The third-order valence-corrected chi connectivity index (χ3v) is 3.28. The fourth-order valence-corrected chi connectivity index (χ4v) is 2.03. The molecule has 19 heavy (non-hydrogen) atoms. The number of hydrogen-bond donors (Lipinski definition) is 0. The fourth-order valence-electron chi connectivity index (χ4n) is 2.03. The van der Waals surface area contributed by atoms with Crippen molar-refractivity contribution >= 4 is 0 Å². The average Bonchev–Trinajstić information content (AvgIpc) is 2.39. The Morgan fingerprint density at radius 3 is 2.53 bits per heavy atom. The maximum Gasteiger partial charge on any atom is 0.0615 e. The van der Waals surface area contributed by atoms with Crippen LogP contribution in [0.25, 0.3) is 0 Å². The molecule has 0 aliphatic carbocycles. The summed E-state index contributed by atoms with van der Waals surface area (Å²) in [5.41, 5.74) is 3.20. The summed E-state index contributed by atoms with van der Waals surface area (Å²) in [4.78, 5) is 8.98. The second-order valence-corrected chi connectivity index (χ2v) is 5.78. The molecule has 4 nitrogen and oxygen atoms in total. The smallest absolute Gasteiger partial charge is 0.0615 e. The van der Waals surface area contributed by atoms with Crippen LogP contribution in [0.2, 0.25) is 0 Å². The van der Waals surface area contributed by atoms with E-state index in [9.17, 15) is 0 Å². The van der Waals surface area contributed by atoms with Crippen molar-refractivity contribution in [1.29, 1.82) is 0 Å². The highest BCUT2D eigenvalue weighted by Gasteiger charge is 2.22. The zero-order valence-electron chi connectivity index (χ0n) is 12.0. The van der Waals surface area contributed by atoms with Gasteiger partial charge in [0, 0.05) is 25.0 Å². The summed E-state index contributed by atoms with van der Waals surface area (Å²) in [6.45, 7) is 8.64. The van der Waals surface area contributed by atoms with Gasteiger partial charge in [-0.2, -0.15) is 10.2 Å². The third kappa shape index (κ3) is 3.34. The van der Waals surface area contributed by atoms with Gasteiger partial charge >= 0.3 is 0 Å². The maximum atomic E-state index is 4.68. The third-order valence-electron chi connectivity index (χ3n) is 3.28. The van der Waals surface area contributed by atoms with Crippen LogP contribution in [0, 0.1) is 0 Å². The van der Waals surface area contributed by atoms with Crippen molar-refractivity contribution in [3.63, 3.8) is 0 Å². The molecule has 0 atom stereocenters.